The van der Waals surface area contributed by atoms with Crippen LogP contribution in [-0.2, 0) is 0 Å². The first-order chi connectivity index (χ1) is 14.6. The Kier molecular flexibility index (Phi) is 5.77. The summed E-state index contributed by atoms with van der Waals surface area (Å²) in [5, 5.41) is 0. The van der Waals surface area contributed by atoms with E-state index in [0.717, 1.165) is 11.3 Å². The number of thiol groups is 1. The zero-order chi connectivity index (χ0) is 20.9. The molecule has 146 valence electrons. The first-order valence-corrected chi connectivity index (χ1v) is 9.87. The van der Waals surface area contributed by atoms with Crippen molar-refractivity contribution in [3.8, 4) is 22.6 Å². The number of ketones is 2. The lowest BCUT2D eigenvalue weighted by atomic mass is 9.93. The molecule has 4 rings (SSSR count). The van der Waals surface area contributed by atoms with Crippen molar-refractivity contribution in [2.24, 2.45) is 0 Å². The van der Waals surface area contributed by atoms with Gasteiger partial charge < -0.3 is 4.74 Å². The molecule has 0 amide bonds. The zero-order valence-corrected chi connectivity index (χ0v) is 16.9. The van der Waals surface area contributed by atoms with Gasteiger partial charge in [-0.1, -0.05) is 72.8 Å². The Labute approximate surface area is 180 Å². The summed E-state index contributed by atoms with van der Waals surface area (Å²) >= 11 is 4.61. The third kappa shape index (κ3) is 4.19. The van der Waals surface area contributed by atoms with Crippen LogP contribution in [-0.4, -0.2) is 11.6 Å². The quantitative estimate of drug-likeness (QED) is 0.224. The number of carbonyl (C=O) groups excluding carboxylic acids is 2. The van der Waals surface area contributed by atoms with E-state index >= 15 is 0 Å². The minimum Gasteiger partial charge on any atom is -0.457 e. The van der Waals surface area contributed by atoms with Crippen molar-refractivity contribution >= 4 is 24.2 Å². The molecule has 0 saturated carbocycles. The van der Waals surface area contributed by atoms with Gasteiger partial charge in [-0.15, -0.1) is 12.6 Å². The van der Waals surface area contributed by atoms with Crippen LogP contribution in [0.25, 0.3) is 11.1 Å². The van der Waals surface area contributed by atoms with E-state index in [9.17, 15) is 9.59 Å². The van der Waals surface area contributed by atoms with Gasteiger partial charge in [0.1, 0.15) is 11.5 Å². The summed E-state index contributed by atoms with van der Waals surface area (Å²) in [5.74, 6) is 0.281. The van der Waals surface area contributed by atoms with Crippen molar-refractivity contribution in [1.82, 2.24) is 0 Å². The lowest BCUT2D eigenvalue weighted by Crippen LogP contribution is -2.15. The summed E-state index contributed by atoms with van der Waals surface area (Å²) < 4.78 is 5.85. The van der Waals surface area contributed by atoms with E-state index in [-0.39, 0.29) is 0 Å². The average Bonchev–Trinajstić information content (AvgIpc) is 2.79. The van der Waals surface area contributed by atoms with Crippen molar-refractivity contribution in [3.63, 3.8) is 0 Å². The molecule has 0 bridgehead atoms. The summed E-state index contributed by atoms with van der Waals surface area (Å²) in [6, 6.07) is 30.6. The molecule has 0 spiro atoms. The van der Waals surface area contributed by atoms with Gasteiger partial charge in [0, 0.05) is 16.0 Å². The number of benzene rings is 4. The van der Waals surface area contributed by atoms with Gasteiger partial charge in [0.15, 0.2) is 0 Å². The third-order valence-electron chi connectivity index (χ3n) is 4.65. The zero-order valence-electron chi connectivity index (χ0n) is 16.0. The maximum absolute atomic E-state index is 13.0. The molecule has 0 aliphatic rings. The Morgan fingerprint density at radius 3 is 1.93 bits per heavy atom. The van der Waals surface area contributed by atoms with Crippen LogP contribution >= 0.6 is 12.6 Å². The molecule has 4 aromatic rings. The van der Waals surface area contributed by atoms with Gasteiger partial charge in [0.25, 0.3) is 0 Å². The molecule has 0 aliphatic carbocycles. The van der Waals surface area contributed by atoms with Gasteiger partial charge >= 0.3 is 0 Å². The number of para-hydroxylation sites is 1. The molecule has 0 fully saturated rings. The number of hydrogen-bond donors (Lipinski definition) is 1. The second-order valence-electron chi connectivity index (χ2n) is 6.66. The number of ether oxygens (including phenoxy) is 1. The maximum atomic E-state index is 13.0. The lowest BCUT2D eigenvalue weighted by Gasteiger charge is -2.13. The number of hydrogen-bond acceptors (Lipinski definition) is 4. The number of carbonyl (C=O) groups is 2. The maximum Gasteiger partial charge on any atom is 0.234 e. The Morgan fingerprint density at radius 2 is 1.23 bits per heavy atom. The normalized spacial score (nSPS) is 10.4. The predicted octanol–water partition coefficient (Wildman–Crippen LogP) is 6.50. The van der Waals surface area contributed by atoms with Gasteiger partial charge in [0.2, 0.25) is 11.6 Å². The summed E-state index contributed by atoms with van der Waals surface area (Å²) in [6.07, 6.45) is 0. The molecular weight excluding hydrogens is 392 g/mol. The molecular formula is C26H18O3S. The Balaban J connectivity index is 1.67. The standard InChI is InChI=1S/C26H18O3S/c27-25(18-9-3-1-4-10-18)26(28)23-14-8-7-13-21(23)22-16-15-20(17-24(22)30)29-19-11-5-2-6-12-19/h1-17,30H. The van der Waals surface area contributed by atoms with E-state index in [1.807, 2.05) is 54.6 Å². The average molecular weight is 410 g/mol. The molecule has 0 unspecified atom stereocenters. The highest BCUT2D eigenvalue weighted by Gasteiger charge is 2.22. The topological polar surface area (TPSA) is 43.4 Å². The van der Waals surface area contributed by atoms with Gasteiger partial charge in [-0.3, -0.25) is 9.59 Å². The molecule has 0 heterocycles. The highest BCUT2D eigenvalue weighted by molar-refractivity contribution is 7.80. The van der Waals surface area contributed by atoms with E-state index in [1.165, 1.54) is 0 Å². The van der Waals surface area contributed by atoms with Crippen LogP contribution in [0.3, 0.4) is 0 Å². The fraction of sp³-hybridized carbons (Fsp3) is 0. The summed E-state index contributed by atoms with van der Waals surface area (Å²) in [4.78, 5) is 26.3. The van der Waals surface area contributed by atoms with Crippen LogP contribution in [0.4, 0.5) is 0 Å². The van der Waals surface area contributed by atoms with Gasteiger partial charge in [0.05, 0.1) is 0 Å². The minimum absolute atomic E-state index is 0.346. The molecule has 0 aliphatic heterocycles. The van der Waals surface area contributed by atoms with Crippen molar-refractivity contribution in [1.29, 1.82) is 0 Å². The van der Waals surface area contributed by atoms with E-state index in [2.05, 4.69) is 12.6 Å². The Bertz CT molecular complexity index is 1200. The highest BCUT2D eigenvalue weighted by Crippen LogP contribution is 2.34. The van der Waals surface area contributed by atoms with Crippen molar-refractivity contribution in [2.45, 2.75) is 4.90 Å². The van der Waals surface area contributed by atoms with Gasteiger partial charge in [-0.05, 0) is 41.5 Å². The van der Waals surface area contributed by atoms with E-state index in [1.54, 1.807) is 48.5 Å². The molecule has 0 aromatic heterocycles. The molecule has 0 N–H and O–H groups in total. The molecule has 4 heteroatoms. The van der Waals surface area contributed by atoms with Crippen LogP contribution in [0, 0.1) is 0 Å². The summed E-state index contributed by atoms with van der Waals surface area (Å²) in [6.45, 7) is 0. The molecule has 3 nitrogen and oxygen atoms in total. The third-order valence-corrected chi connectivity index (χ3v) is 5.02. The fourth-order valence-electron chi connectivity index (χ4n) is 3.19. The highest BCUT2D eigenvalue weighted by atomic mass is 32.1. The van der Waals surface area contributed by atoms with E-state index < -0.39 is 11.6 Å². The molecule has 0 atom stereocenters. The predicted molar refractivity (Wildman–Crippen MR) is 121 cm³/mol. The minimum atomic E-state index is -0.547. The van der Waals surface area contributed by atoms with E-state index in [4.69, 9.17) is 4.74 Å². The SMILES string of the molecule is O=C(C(=O)c1ccccc1-c1ccc(Oc2ccccc2)cc1S)c1ccccc1. The van der Waals surface area contributed by atoms with Crippen LogP contribution < -0.4 is 4.74 Å². The molecule has 4 aromatic carbocycles. The van der Waals surface area contributed by atoms with Gasteiger partial charge in [-0.25, -0.2) is 0 Å². The van der Waals surface area contributed by atoms with Crippen molar-refractivity contribution in [2.75, 3.05) is 0 Å². The number of rotatable bonds is 6. The molecule has 0 saturated heterocycles. The van der Waals surface area contributed by atoms with E-state index in [0.29, 0.717) is 27.3 Å². The second-order valence-corrected chi connectivity index (χ2v) is 7.15. The fourth-order valence-corrected chi connectivity index (χ4v) is 3.51. The first-order valence-electron chi connectivity index (χ1n) is 9.43. The smallest absolute Gasteiger partial charge is 0.234 e. The second kappa shape index (κ2) is 8.80. The largest absolute Gasteiger partial charge is 0.457 e. The van der Waals surface area contributed by atoms with Crippen LogP contribution in [0.2, 0.25) is 0 Å². The van der Waals surface area contributed by atoms with Crippen LogP contribution in [0.5, 0.6) is 11.5 Å². The van der Waals surface area contributed by atoms with Crippen LogP contribution in [0.1, 0.15) is 20.7 Å². The first kappa shape index (κ1) is 19.7. The Morgan fingerprint density at radius 1 is 0.600 bits per heavy atom. The van der Waals surface area contributed by atoms with Gasteiger partial charge in [-0.2, -0.15) is 0 Å². The molecule has 0 radical (unpaired) electrons. The van der Waals surface area contributed by atoms with Crippen LogP contribution in [0.15, 0.2) is 108 Å². The summed E-state index contributed by atoms with van der Waals surface area (Å²) in [7, 11) is 0. The number of Topliss-reactive ketones (excluding diaryl/α,β-unsaturated/α-hetero) is 2. The van der Waals surface area contributed by atoms with Crippen molar-refractivity contribution < 1.29 is 14.3 Å². The Hall–Kier alpha value is -3.63. The summed E-state index contributed by atoms with van der Waals surface area (Å²) in [5.41, 5.74) is 2.12. The monoisotopic (exact) mass is 410 g/mol. The molecule has 30 heavy (non-hydrogen) atoms. The lowest BCUT2D eigenvalue weighted by molar-refractivity contribution is 0.0817. The van der Waals surface area contributed by atoms with Crippen molar-refractivity contribution in [3.05, 3.63) is 114 Å².